The lowest BCUT2D eigenvalue weighted by Crippen LogP contribution is -2.38. The van der Waals surface area contributed by atoms with Gasteiger partial charge in [-0.1, -0.05) is 23.9 Å². The van der Waals surface area contributed by atoms with E-state index in [1.165, 1.54) is 23.9 Å². The predicted octanol–water partition coefficient (Wildman–Crippen LogP) is 3.23. The summed E-state index contributed by atoms with van der Waals surface area (Å²) in [4.78, 5) is 11.5. The van der Waals surface area contributed by atoms with Gasteiger partial charge in [0.25, 0.3) is 0 Å². The molecular weight excluding hydrogens is 441 g/mol. The van der Waals surface area contributed by atoms with Crippen molar-refractivity contribution in [3.8, 4) is 11.4 Å². The SMILES string of the molecule is Nc1nc(CSc2nnc(-c3ccc(F)cc3)n2CCN2CCOCC2)nc2ccccc12. The Hall–Kier alpha value is -3.08. The van der Waals surface area contributed by atoms with Crippen LogP contribution < -0.4 is 5.73 Å². The lowest BCUT2D eigenvalue weighted by molar-refractivity contribution is 0.0361. The smallest absolute Gasteiger partial charge is 0.191 e. The number of hydrogen-bond acceptors (Lipinski definition) is 8. The van der Waals surface area contributed by atoms with Crippen molar-refractivity contribution in [2.24, 2.45) is 0 Å². The molecule has 3 heterocycles. The van der Waals surface area contributed by atoms with Gasteiger partial charge in [0, 0.05) is 37.1 Å². The topological polar surface area (TPSA) is 95.0 Å². The molecule has 2 aromatic heterocycles. The van der Waals surface area contributed by atoms with Gasteiger partial charge in [0.1, 0.15) is 17.5 Å². The fraction of sp³-hybridized carbons (Fsp3) is 0.304. The third-order valence-corrected chi connectivity index (χ3v) is 6.53. The predicted molar refractivity (Wildman–Crippen MR) is 126 cm³/mol. The van der Waals surface area contributed by atoms with Crippen LogP contribution in [0.15, 0.2) is 53.7 Å². The second-order valence-electron chi connectivity index (χ2n) is 7.75. The molecule has 1 aliphatic rings. The van der Waals surface area contributed by atoms with Crippen molar-refractivity contribution in [3.05, 3.63) is 60.2 Å². The number of halogens is 1. The summed E-state index contributed by atoms with van der Waals surface area (Å²) < 4.78 is 21.0. The molecule has 33 heavy (non-hydrogen) atoms. The summed E-state index contributed by atoms with van der Waals surface area (Å²) in [5, 5.41) is 10.5. The number of para-hydroxylation sites is 1. The Balaban J connectivity index is 1.39. The molecule has 0 atom stereocenters. The Morgan fingerprint density at radius 1 is 0.970 bits per heavy atom. The highest BCUT2D eigenvalue weighted by Gasteiger charge is 2.18. The van der Waals surface area contributed by atoms with Gasteiger partial charge in [-0.2, -0.15) is 0 Å². The first kappa shape index (κ1) is 21.7. The molecular formula is C23H24FN7OS. The number of anilines is 1. The first-order chi connectivity index (χ1) is 16.2. The molecule has 2 N–H and O–H groups in total. The van der Waals surface area contributed by atoms with E-state index < -0.39 is 0 Å². The highest BCUT2D eigenvalue weighted by atomic mass is 32.2. The van der Waals surface area contributed by atoms with E-state index in [1.54, 1.807) is 12.1 Å². The fourth-order valence-electron chi connectivity index (χ4n) is 3.82. The zero-order valence-electron chi connectivity index (χ0n) is 18.0. The van der Waals surface area contributed by atoms with Crippen LogP contribution in [0.4, 0.5) is 10.2 Å². The summed E-state index contributed by atoms with van der Waals surface area (Å²) in [5.74, 6) is 2.05. The molecule has 10 heteroatoms. The van der Waals surface area contributed by atoms with Crippen LogP contribution in [0.5, 0.6) is 0 Å². The van der Waals surface area contributed by atoms with E-state index in [9.17, 15) is 4.39 Å². The van der Waals surface area contributed by atoms with E-state index in [2.05, 4.69) is 29.6 Å². The van der Waals surface area contributed by atoms with E-state index in [0.29, 0.717) is 29.8 Å². The Labute approximate surface area is 195 Å². The third-order valence-electron chi connectivity index (χ3n) is 5.57. The van der Waals surface area contributed by atoms with Crippen molar-refractivity contribution in [2.45, 2.75) is 17.5 Å². The van der Waals surface area contributed by atoms with Gasteiger partial charge >= 0.3 is 0 Å². The lowest BCUT2D eigenvalue weighted by Gasteiger charge is -2.27. The number of aromatic nitrogens is 5. The largest absolute Gasteiger partial charge is 0.383 e. The summed E-state index contributed by atoms with van der Waals surface area (Å²) >= 11 is 1.51. The minimum absolute atomic E-state index is 0.279. The summed E-state index contributed by atoms with van der Waals surface area (Å²) in [6, 6.07) is 14.0. The van der Waals surface area contributed by atoms with Gasteiger partial charge < -0.3 is 15.0 Å². The van der Waals surface area contributed by atoms with Crippen molar-refractivity contribution in [1.82, 2.24) is 29.6 Å². The van der Waals surface area contributed by atoms with E-state index in [4.69, 9.17) is 10.5 Å². The first-order valence-electron chi connectivity index (χ1n) is 10.8. The van der Waals surface area contributed by atoms with Crippen LogP contribution >= 0.6 is 11.8 Å². The number of ether oxygens (including phenoxy) is 1. The maximum absolute atomic E-state index is 13.5. The van der Waals surface area contributed by atoms with Crippen LogP contribution in [-0.2, 0) is 17.0 Å². The van der Waals surface area contributed by atoms with Gasteiger partial charge in [-0.15, -0.1) is 10.2 Å². The lowest BCUT2D eigenvalue weighted by atomic mass is 10.2. The van der Waals surface area contributed by atoms with Gasteiger partial charge in [0.2, 0.25) is 0 Å². The number of nitrogen functional groups attached to an aromatic ring is 1. The van der Waals surface area contributed by atoms with Crippen molar-refractivity contribution in [1.29, 1.82) is 0 Å². The van der Waals surface area contributed by atoms with Crippen molar-refractivity contribution >= 4 is 28.5 Å². The standard InChI is InChI=1S/C23H24FN7OS/c24-17-7-5-16(6-8-17)22-28-29-23(31(22)10-9-30-11-13-32-14-12-30)33-15-20-26-19-4-2-1-3-18(19)21(25)27-20/h1-8H,9-15H2,(H2,25,26,27). The van der Waals surface area contributed by atoms with Crippen LogP contribution in [0.25, 0.3) is 22.3 Å². The highest BCUT2D eigenvalue weighted by molar-refractivity contribution is 7.98. The molecule has 0 spiro atoms. The van der Waals surface area contributed by atoms with Crippen molar-refractivity contribution in [3.63, 3.8) is 0 Å². The third kappa shape index (κ3) is 4.97. The summed E-state index contributed by atoms with van der Waals surface area (Å²) in [7, 11) is 0. The summed E-state index contributed by atoms with van der Waals surface area (Å²) in [5.41, 5.74) is 7.78. The van der Waals surface area contributed by atoms with Gasteiger partial charge in [0.15, 0.2) is 11.0 Å². The molecule has 0 radical (unpaired) electrons. The molecule has 5 rings (SSSR count). The number of hydrogen-bond donors (Lipinski definition) is 1. The van der Waals surface area contributed by atoms with Gasteiger partial charge in [-0.25, -0.2) is 14.4 Å². The molecule has 170 valence electrons. The number of nitrogens with two attached hydrogens (primary N) is 1. The monoisotopic (exact) mass is 465 g/mol. The normalized spacial score (nSPS) is 14.7. The van der Waals surface area contributed by atoms with E-state index >= 15 is 0 Å². The Morgan fingerprint density at radius 3 is 2.58 bits per heavy atom. The van der Waals surface area contributed by atoms with Crippen LogP contribution in [0.1, 0.15) is 5.82 Å². The number of morpholine rings is 1. The van der Waals surface area contributed by atoms with Crippen LogP contribution in [0, 0.1) is 5.82 Å². The highest BCUT2D eigenvalue weighted by Crippen LogP contribution is 2.27. The maximum atomic E-state index is 13.5. The first-order valence-corrected chi connectivity index (χ1v) is 11.8. The van der Waals surface area contributed by atoms with Gasteiger partial charge in [0.05, 0.1) is 24.5 Å². The number of rotatable bonds is 7. The maximum Gasteiger partial charge on any atom is 0.191 e. The minimum Gasteiger partial charge on any atom is -0.383 e. The summed E-state index contributed by atoms with van der Waals surface area (Å²) in [6.45, 7) is 4.86. The molecule has 0 unspecified atom stereocenters. The number of fused-ring (bicyclic) bond motifs is 1. The second-order valence-corrected chi connectivity index (χ2v) is 8.69. The van der Waals surface area contributed by atoms with Crippen molar-refractivity contribution < 1.29 is 9.13 Å². The van der Waals surface area contributed by atoms with Crippen LogP contribution in [0.3, 0.4) is 0 Å². The second kappa shape index (κ2) is 9.82. The Bertz CT molecular complexity index is 1240. The molecule has 0 saturated carbocycles. The van der Waals surface area contributed by atoms with Gasteiger partial charge in [-0.05, 0) is 36.4 Å². The quantitative estimate of drug-likeness (QED) is 0.416. The molecule has 8 nitrogen and oxygen atoms in total. The molecule has 0 bridgehead atoms. The van der Waals surface area contributed by atoms with E-state index in [1.807, 2.05) is 24.3 Å². The average molecular weight is 466 g/mol. The molecule has 4 aromatic rings. The Morgan fingerprint density at radius 2 is 1.76 bits per heavy atom. The van der Waals surface area contributed by atoms with E-state index in [0.717, 1.165) is 54.5 Å². The Kier molecular flexibility index (Phi) is 6.47. The zero-order valence-corrected chi connectivity index (χ0v) is 18.8. The molecule has 0 aliphatic carbocycles. The number of nitrogens with zero attached hydrogens (tertiary/aromatic N) is 6. The van der Waals surface area contributed by atoms with E-state index in [-0.39, 0.29) is 5.82 Å². The molecule has 1 aliphatic heterocycles. The minimum atomic E-state index is -0.279. The zero-order chi connectivity index (χ0) is 22.6. The number of benzene rings is 2. The van der Waals surface area contributed by atoms with Crippen LogP contribution in [0.2, 0.25) is 0 Å². The molecule has 2 aromatic carbocycles. The molecule has 1 saturated heterocycles. The molecule has 1 fully saturated rings. The molecule has 0 amide bonds. The van der Waals surface area contributed by atoms with Crippen molar-refractivity contribution in [2.75, 3.05) is 38.6 Å². The fourth-order valence-corrected chi connectivity index (χ4v) is 4.64. The number of thioether (sulfide) groups is 1. The van der Waals surface area contributed by atoms with Gasteiger partial charge in [-0.3, -0.25) is 4.90 Å². The summed E-state index contributed by atoms with van der Waals surface area (Å²) in [6.07, 6.45) is 0. The van der Waals surface area contributed by atoms with Crippen LogP contribution in [-0.4, -0.2) is 62.5 Å². The average Bonchev–Trinajstić information content (AvgIpc) is 3.25.